The molecule has 0 atom stereocenters. The number of imidazole rings is 1. The summed E-state index contributed by atoms with van der Waals surface area (Å²) in [6, 6.07) is 3.49. The number of rotatable bonds is 4. The summed E-state index contributed by atoms with van der Waals surface area (Å²) in [5.74, 6) is 0. The van der Waals surface area contributed by atoms with Gasteiger partial charge >= 0.3 is 0 Å². The Morgan fingerprint density at radius 1 is 1.45 bits per heavy atom. The predicted molar refractivity (Wildman–Crippen MR) is 82.0 cm³/mol. The van der Waals surface area contributed by atoms with Gasteiger partial charge in [-0.1, -0.05) is 0 Å². The van der Waals surface area contributed by atoms with Crippen molar-refractivity contribution in [3.05, 3.63) is 34.7 Å². The smallest absolute Gasteiger partial charge is 0.281 e. The number of anilines is 2. The van der Waals surface area contributed by atoms with E-state index in [1.807, 2.05) is 13.8 Å². The average Bonchev–Trinajstić information content (AvgIpc) is 2.83. The zero-order valence-corrected chi connectivity index (χ0v) is 13.5. The van der Waals surface area contributed by atoms with Crippen LogP contribution in [0.3, 0.4) is 0 Å². The molecule has 0 saturated heterocycles. The summed E-state index contributed by atoms with van der Waals surface area (Å²) in [5.41, 5.74) is 7.47. The van der Waals surface area contributed by atoms with Crippen LogP contribution in [0.1, 0.15) is 12.5 Å². The first-order chi connectivity index (χ1) is 9.33. The third kappa shape index (κ3) is 2.96. The van der Waals surface area contributed by atoms with Crippen molar-refractivity contribution in [2.24, 2.45) is 0 Å². The molecule has 0 saturated carbocycles. The van der Waals surface area contributed by atoms with Crippen molar-refractivity contribution in [2.45, 2.75) is 25.4 Å². The van der Waals surface area contributed by atoms with E-state index >= 15 is 0 Å². The summed E-state index contributed by atoms with van der Waals surface area (Å²) in [7, 11) is -3.75. The van der Waals surface area contributed by atoms with Gasteiger partial charge in [0.1, 0.15) is 0 Å². The zero-order chi connectivity index (χ0) is 14.9. The predicted octanol–water partition coefficient (Wildman–Crippen LogP) is 2.36. The Kier molecular flexibility index (Phi) is 4.05. The third-order valence-corrected chi connectivity index (χ3v) is 4.61. The third-order valence-electron chi connectivity index (χ3n) is 2.75. The lowest BCUT2D eigenvalue weighted by Gasteiger charge is -2.11. The van der Waals surface area contributed by atoms with E-state index in [-0.39, 0.29) is 5.03 Å². The summed E-state index contributed by atoms with van der Waals surface area (Å²) >= 11 is 3.31. The Labute approximate surface area is 126 Å². The molecule has 0 radical (unpaired) electrons. The van der Waals surface area contributed by atoms with Crippen LogP contribution < -0.4 is 10.5 Å². The molecule has 0 bridgehead atoms. The van der Waals surface area contributed by atoms with Crippen LogP contribution in [0.25, 0.3) is 0 Å². The fourth-order valence-corrected chi connectivity index (χ4v) is 3.60. The van der Waals surface area contributed by atoms with Crippen LogP contribution in [0.2, 0.25) is 0 Å². The van der Waals surface area contributed by atoms with E-state index in [1.165, 1.54) is 12.5 Å². The highest BCUT2D eigenvalue weighted by Crippen LogP contribution is 2.31. The molecule has 6 nitrogen and oxygen atoms in total. The molecule has 8 heteroatoms. The van der Waals surface area contributed by atoms with Crippen LogP contribution in [0.5, 0.6) is 0 Å². The first kappa shape index (κ1) is 14.9. The van der Waals surface area contributed by atoms with Crippen molar-refractivity contribution in [2.75, 3.05) is 10.5 Å². The normalized spacial score (nSPS) is 11.6. The number of nitrogens with one attached hydrogen (secondary N) is 1. The van der Waals surface area contributed by atoms with Gasteiger partial charge in [-0.15, -0.1) is 0 Å². The first-order valence-corrected chi connectivity index (χ1v) is 8.21. The SMILES string of the molecule is CCn1cnc(S(=O)(=O)Nc2c(N)cc(C)cc2Br)c1. The lowest BCUT2D eigenvalue weighted by Crippen LogP contribution is -2.15. The number of benzene rings is 1. The second kappa shape index (κ2) is 5.45. The van der Waals surface area contributed by atoms with E-state index in [2.05, 4.69) is 25.6 Å². The average molecular weight is 359 g/mol. The maximum atomic E-state index is 12.3. The van der Waals surface area contributed by atoms with Gasteiger partial charge < -0.3 is 10.3 Å². The molecule has 0 aliphatic carbocycles. The van der Waals surface area contributed by atoms with Crippen molar-refractivity contribution in [1.82, 2.24) is 9.55 Å². The van der Waals surface area contributed by atoms with Gasteiger partial charge in [0.2, 0.25) is 0 Å². The molecule has 108 valence electrons. The summed E-state index contributed by atoms with van der Waals surface area (Å²) in [6.07, 6.45) is 2.95. The first-order valence-electron chi connectivity index (χ1n) is 5.93. The summed E-state index contributed by atoms with van der Waals surface area (Å²) in [6.45, 7) is 4.43. The standard InChI is InChI=1S/C12H15BrN4O2S/c1-3-17-6-11(15-7-17)20(18,19)16-12-9(13)4-8(2)5-10(12)14/h4-7,16H,3,14H2,1-2H3. The van der Waals surface area contributed by atoms with Crippen LogP contribution in [0.15, 0.2) is 34.2 Å². The van der Waals surface area contributed by atoms with Crippen LogP contribution in [-0.2, 0) is 16.6 Å². The topological polar surface area (TPSA) is 90.0 Å². The van der Waals surface area contributed by atoms with Crippen molar-refractivity contribution in [3.8, 4) is 0 Å². The lowest BCUT2D eigenvalue weighted by molar-refractivity contribution is 0.598. The molecule has 2 aromatic rings. The van der Waals surface area contributed by atoms with Gasteiger partial charge in [0.25, 0.3) is 10.0 Å². The second-order valence-electron chi connectivity index (χ2n) is 4.36. The number of hydrogen-bond acceptors (Lipinski definition) is 4. The van der Waals surface area contributed by atoms with Crippen molar-refractivity contribution in [3.63, 3.8) is 0 Å². The number of sulfonamides is 1. The Hall–Kier alpha value is -1.54. The molecule has 0 amide bonds. The van der Waals surface area contributed by atoms with Crippen molar-refractivity contribution >= 4 is 37.3 Å². The van der Waals surface area contributed by atoms with E-state index in [4.69, 9.17) is 5.73 Å². The molecule has 3 N–H and O–H groups in total. The molecule has 1 heterocycles. The van der Waals surface area contributed by atoms with Gasteiger partial charge in [0.15, 0.2) is 5.03 Å². The van der Waals surface area contributed by atoms with Gasteiger partial charge in [-0.25, -0.2) is 4.98 Å². The van der Waals surface area contributed by atoms with Crippen LogP contribution in [0, 0.1) is 6.92 Å². The Morgan fingerprint density at radius 2 is 2.15 bits per heavy atom. The van der Waals surface area contributed by atoms with Gasteiger partial charge in [-0.3, -0.25) is 4.72 Å². The van der Waals surface area contributed by atoms with Crippen LogP contribution in [-0.4, -0.2) is 18.0 Å². The van der Waals surface area contributed by atoms with Gasteiger partial charge in [-0.2, -0.15) is 8.42 Å². The quantitative estimate of drug-likeness (QED) is 0.820. The van der Waals surface area contributed by atoms with Crippen molar-refractivity contribution in [1.29, 1.82) is 0 Å². The molecule has 0 spiro atoms. The van der Waals surface area contributed by atoms with Gasteiger partial charge in [0.05, 0.1) is 17.7 Å². The molecule has 0 aliphatic rings. The highest BCUT2D eigenvalue weighted by molar-refractivity contribution is 9.10. The highest BCUT2D eigenvalue weighted by Gasteiger charge is 2.20. The number of nitrogens with two attached hydrogens (primary N) is 1. The molecular formula is C12H15BrN4O2S. The minimum Gasteiger partial charge on any atom is -0.397 e. The summed E-state index contributed by atoms with van der Waals surface area (Å²) in [4.78, 5) is 3.89. The molecule has 0 unspecified atom stereocenters. The minimum atomic E-state index is -3.75. The molecular weight excluding hydrogens is 344 g/mol. The lowest BCUT2D eigenvalue weighted by atomic mass is 10.2. The second-order valence-corrected chi connectivity index (χ2v) is 6.84. The summed E-state index contributed by atoms with van der Waals surface area (Å²) in [5, 5.41) is -0.0359. The minimum absolute atomic E-state index is 0.0359. The molecule has 20 heavy (non-hydrogen) atoms. The van der Waals surface area contributed by atoms with Crippen molar-refractivity contribution < 1.29 is 8.42 Å². The number of nitrogens with zero attached hydrogens (tertiary/aromatic N) is 2. The Balaban J connectivity index is 2.38. The Morgan fingerprint density at radius 3 is 2.70 bits per heavy atom. The fraction of sp³-hybridized carbons (Fsp3) is 0.250. The zero-order valence-electron chi connectivity index (χ0n) is 11.1. The maximum Gasteiger partial charge on any atom is 0.281 e. The van der Waals surface area contributed by atoms with E-state index in [9.17, 15) is 8.42 Å². The van der Waals surface area contributed by atoms with E-state index in [0.717, 1.165) is 5.56 Å². The molecule has 2 rings (SSSR count). The number of aromatic nitrogens is 2. The monoisotopic (exact) mass is 358 g/mol. The summed E-state index contributed by atoms with van der Waals surface area (Å²) < 4.78 is 29.2. The largest absolute Gasteiger partial charge is 0.397 e. The molecule has 0 fully saturated rings. The maximum absolute atomic E-state index is 12.3. The van der Waals surface area contributed by atoms with E-state index in [1.54, 1.807) is 16.7 Å². The number of halogens is 1. The Bertz CT molecular complexity index is 717. The van der Waals surface area contributed by atoms with E-state index < -0.39 is 10.0 Å². The fourth-order valence-electron chi connectivity index (χ4n) is 1.71. The number of hydrogen-bond donors (Lipinski definition) is 2. The highest BCUT2D eigenvalue weighted by atomic mass is 79.9. The molecule has 0 aliphatic heterocycles. The molecule has 1 aromatic heterocycles. The van der Waals surface area contributed by atoms with Crippen LogP contribution >= 0.6 is 15.9 Å². The number of nitrogen functional groups attached to an aromatic ring is 1. The van der Waals surface area contributed by atoms with Gasteiger partial charge in [0, 0.05) is 17.2 Å². The van der Waals surface area contributed by atoms with Gasteiger partial charge in [-0.05, 0) is 47.5 Å². The van der Waals surface area contributed by atoms with E-state index in [0.29, 0.717) is 22.4 Å². The van der Waals surface area contributed by atoms with Crippen LogP contribution in [0.4, 0.5) is 11.4 Å². The molecule has 1 aromatic carbocycles. The number of aryl methyl sites for hydroxylation is 2.